The molecule has 1 atom stereocenters. The smallest absolute Gasteiger partial charge is 0.123 e. The van der Waals surface area contributed by atoms with E-state index in [2.05, 4.69) is 41.1 Å². The highest BCUT2D eigenvalue weighted by Crippen LogP contribution is 2.36. The van der Waals surface area contributed by atoms with Gasteiger partial charge in [-0.05, 0) is 49.1 Å². The minimum absolute atomic E-state index is 0.108. The molecule has 1 unspecified atom stereocenters. The quantitative estimate of drug-likeness (QED) is 0.650. The third kappa shape index (κ3) is 3.36. The Hall–Kier alpha value is -0.990. The van der Waals surface area contributed by atoms with E-state index in [1.54, 1.807) is 7.11 Å². The third-order valence-electron chi connectivity index (χ3n) is 3.51. The van der Waals surface area contributed by atoms with Crippen molar-refractivity contribution < 1.29 is 4.74 Å². The van der Waals surface area contributed by atoms with Crippen LogP contribution in [-0.4, -0.2) is 7.11 Å². The molecule has 0 saturated carbocycles. The van der Waals surface area contributed by atoms with Gasteiger partial charge in [-0.1, -0.05) is 40.2 Å². The molecule has 2 rings (SSSR count). The fraction of sp³-hybridized carbons (Fsp3) is 0.294. The molecule has 0 N–H and O–H groups in total. The van der Waals surface area contributed by atoms with Crippen molar-refractivity contribution in [2.45, 2.75) is 25.6 Å². The molecule has 0 amide bonds. The Balaban J connectivity index is 2.32. The van der Waals surface area contributed by atoms with E-state index in [-0.39, 0.29) is 5.38 Å². The molecule has 106 valence electrons. The summed E-state index contributed by atoms with van der Waals surface area (Å²) in [4.78, 5) is 0. The second-order valence-corrected chi connectivity index (χ2v) is 6.32. The molecule has 20 heavy (non-hydrogen) atoms. The van der Waals surface area contributed by atoms with Crippen LogP contribution in [0.25, 0.3) is 0 Å². The SMILES string of the molecule is COc1cc(C)c(Br)cc1C(Cl)Cc1ccccc1C. The normalized spacial score (nSPS) is 12.2. The molecule has 3 heteroatoms. The summed E-state index contributed by atoms with van der Waals surface area (Å²) in [6.45, 7) is 4.15. The number of ether oxygens (including phenoxy) is 1. The zero-order chi connectivity index (χ0) is 14.7. The standard InChI is InChI=1S/C17H18BrClO/c1-11-6-4-5-7-13(11)9-16(19)14-10-15(18)12(2)8-17(14)20-3/h4-8,10,16H,9H2,1-3H3. The van der Waals surface area contributed by atoms with Crippen LogP contribution in [0.2, 0.25) is 0 Å². The van der Waals surface area contributed by atoms with Gasteiger partial charge in [-0.15, -0.1) is 11.6 Å². The number of aryl methyl sites for hydroxylation is 2. The molecule has 0 saturated heterocycles. The highest BCUT2D eigenvalue weighted by Gasteiger charge is 2.16. The topological polar surface area (TPSA) is 9.23 Å². The lowest BCUT2D eigenvalue weighted by molar-refractivity contribution is 0.408. The van der Waals surface area contributed by atoms with Gasteiger partial charge in [0.25, 0.3) is 0 Å². The molecule has 0 aliphatic heterocycles. The van der Waals surface area contributed by atoms with Crippen LogP contribution in [-0.2, 0) is 6.42 Å². The number of rotatable bonds is 4. The molecule has 0 spiro atoms. The monoisotopic (exact) mass is 352 g/mol. The summed E-state index contributed by atoms with van der Waals surface area (Å²) in [5, 5.41) is -0.108. The van der Waals surface area contributed by atoms with Gasteiger partial charge < -0.3 is 4.74 Å². The van der Waals surface area contributed by atoms with Gasteiger partial charge in [0.1, 0.15) is 5.75 Å². The van der Waals surface area contributed by atoms with Crippen LogP contribution in [0, 0.1) is 13.8 Å². The highest BCUT2D eigenvalue weighted by atomic mass is 79.9. The first kappa shape index (κ1) is 15.4. The summed E-state index contributed by atoms with van der Waals surface area (Å²) in [6.07, 6.45) is 0.792. The van der Waals surface area contributed by atoms with E-state index in [4.69, 9.17) is 16.3 Å². The fourth-order valence-corrected chi connectivity index (χ4v) is 2.93. The van der Waals surface area contributed by atoms with Crippen LogP contribution in [0.1, 0.15) is 27.6 Å². The van der Waals surface area contributed by atoms with Gasteiger partial charge in [0.2, 0.25) is 0 Å². The van der Waals surface area contributed by atoms with Gasteiger partial charge in [0, 0.05) is 10.0 Å². The molecule has 0 fully saturated rings. The molecule has 0 bridgehead atoms. The molecule has 2 aromatic rings. The van der Waals surface area contributed by atoms with E-state index in [1.807, 2.05) is 25.1 Å². The van der Waals surface area contributed by atoms with E-state index in [9.17, 15) is 0 Å². The maximum atomic E-state index is 6.62. The first-order chi connectivity index (χ1) is 9.52. The fourth-order valence-electron chi connectivity index (χ4n) is 2.23. The second-order valence-electron chi connectivity index (χ2n) is 4.94. The number of hydrogen-bond acceptors (Lipinski definition) is 1. The number of alkyl halides is 1. The minimum Gasteiger partial charge on any atom is -0.496 e. The van der Waals surface area contributed by atoms with Crippen molar-refractivity contribution in [3.63, 3.8) is 0 Å². The van der Waals surface area contributed by atoms with Crippen LogP contribution in [0.5, 0.6) is 5.75 Å². The number of benzene rings is 2. The number of methoxy groups -OCH3 is 1. The summed E-state index contributed by atoms with van der Waals surface area (Å²) in [7, 11) is 1.68. The van der Waals surface area contributed by atoms with Gasteiger partial charge >= 0.3 is 0 Å². The Morgan fingerprint density at radius 2 is 1.85 bits per heavy atom. The van der Waals surface area contributed by atoms with Crippen molar-refractivity contribution in [1.82, 2.24) is 0 Å². The summed E-state index contributed by atoms with van der Waals surface area (Å²) in [5.74, 6) is 0.847. The van der Waals surface area contributed by atoms with E-state index in [0.717, 1.165) is 27.8 Å². The lowest BCUT2D eigenvalue weighted by Crippen LogP contribution is -2.01. The Labute approximate surface area is 134 Å². The predicted molar refractivity (Wildman–Crippen MR) is 88.9 cm³/mol. The highest BCUT2D eigenvalue weighted by molar-refractivity contribution is 9.10. The van der Waals surface area contributed by atoms with Crippen LogP contribution >= 0.6 is 27.5 Å². The van der Waals surface area contributed by atoms with E-state index in [1.165, 1.54) is 11.1 Å². The van der Waals surface area contributed by atoms with Crippen LogP contribution in [0.3, 0.4) is 0 Å². The van der Waals surface area contributed by atoms with Crippen molar-refractivity contribution in [1.29, 1.82) is 0 Å². The molecular formula is C17H18BrClO. The molecule has 0 aromatic heterocycles. The Morgan fingerprint density at radius 1 is 1.15 bits per heavy atom. The van der Waals surface area contributed by atoms with Crippen LogP contribution < -0.4 is 4.74 Å². The lowest BCUT2D eigenvalue weighted by atomic mass is 9.99. The average Bonchev–Trinajstić information content (AvgIpc) is 2.43. The maximum Gasteiger partial charge on any atom is 0.123 e. The van der Waals surface area contributed by atoms with E-state index in [0.29, 0.717) is 0 Å². The first-order valence-corrected chi connectivity index (χ1v) is 7.78. The molecule has 0 aliphatic carbocycles. The largest absolute Gasteiger partial charge is 0.496 e. The Morgan fingerprint density at radius 3 is 2.50 bits per heavy atom. The number of halogens is 2. The predicted octanol–water partition coefficient (Wildman–Crippen LogP) is 5.60. The third-order valence-corrected chi connectivity index (χ3v) is 4.75. The van der Waals surface area contributed by atoms with Crippen molar-refractivity contribution >= 4 is 27.5 Å². The average molecular weight is 354 g/mol. The maximum absolute atomic E-state index is 6.62. The first-order valence-electron chi connectivity index (χ1n) is 6.55. The Kier molecular flexibility index (Phi) is 5.11. The summed E-state index contributed by atoms with van der Waals surface area (Å²) < 4.78 is 6.52. The summed E-state index contributed by atoms with van der Waals surface area (Å²) in [5.41, 5.74) is 4.70. The molecule has 0 aliphatic rings. The van der Waals surface area contributed by atoms with E-state index >= 15 is 0 Å². The minimum atomic E-state index is -0.108. The number of hydrogen-bond donors (Lipinski definition) is 0. The van der Waals surface area contributed by atoms with Gasteiger partial charge in [-0.3, -0.25) is 0 Å². The summed E-state index contributed by atoms with van der Waals surface area (Å²) >= 11 is 10.2. The van der Waals surface area contributed by atoms with Gasteiger partial charge in [-0.2, -0.15) is 0 Å². The van der Waals surface area contributed by atoms with Crippen molar-refractivity contribution in [2.75, 3.05) is 7.11 Å². The van der Waals surface area contributed by atoms with Crippen molar-refractivity contribution in [3.05, 3.63) is 63.1 Å². The van der Waals surface area contributed by atoms with Crippen molar-refractivity contribution in [2.24, 2.45) is 0 Å². The zero-order valence-electron chi connectivity index (χ0n) is 11.9. The van der Waals surface area contributed by atoms with Gasteiger partial charge in [0.15, 0.2) is 0 Å². The van der Waals surface area contributed by atoms with Gasteiger partial charge in [-0.25, -0.2) is 0 Å². The van der Waals surface area contributed by atoms with Crippen LogP contribution in [0.15, 0.2) is 40.9 Å². The molecule has 0 radical (unpaired) electrons. The van der Waals surface area contributed by atoms with Gasteiger partial charge in [0.05, 0.1) is 12.5 Å². The molecular weight excluding hydrogens is 336 g/mol. The zero-order valence-corrected chi connectivity index (χ0v) is 14.3. The summed E-state index contributed by atoms with van der Waals surface area (Å²) in [6, 6.07) is 12.4. The molecule has 1 nitrogen and oxygen atoms in total. The molecule has 0 heterocycles. The second kappa shape index (κ2) is 6.64. The lowest BCUT2D eigenvalue weighted by Gasteiger charge is -2.17. The van der Waals surface area contributed by atoms with Crippen molar-refractivity contribution in [3.8, 4) is 5.75 Å². The van der Waals surface area contributed by atoms with Crippen LogP contribution in [0.4, 0.5) is 0 Å². The molecule has 2 aromatic carbocycles. The Bertz CT molecular complexity index is 610. The van der Waals surface area contributed by atoms with E-state index < -0.39 is 0 Å².